The molecular weight excluding hydrogens is 751 g/mol. The monoisotopic (exact) mass is 784 g/mol. The van der Waals surface area contributed by atoms with Crippen LogP contribution in [0.1, 0.15) is 55.4 Å². The van der Waals surface area contributed by atoms with E-state index in [0.29, 0.717) is 24.2 Å². The Kier molecular flexibility index (Phi) is 9.29. The van der Waals surface area contributed by atoms with Crippen LogP contribution in [0.4, 0.5) is 0 Å². The van der Waals surface area contributed by atoms with Crippen molar-refractivity contribution in [2.75, 3.05) is 0 Å². The minimum Gasteiger partial charge on any atom is -0.373 e. The van der Waals surface area contributed by atoms with Crippen LogP contribution in [0, 0.1) is 23.7 Å². The average molecular weight is 787 g/mol. The second kappa shape index (κ2) is 11.0. The molecule has 0 unspecified atom stereocenters. The Morgan fingerprint density at radius 2 is 0.500 bits per heavy atom. The van der Waals surface area contributed by atoms with Gasteiger partial charge in [0.05, 0.1) is 0 Å². The van der Waals surface area contributed by atoms with Gasteiger partial charge in [-0.25, -0.2) is 0 Å². The SMILES string of the molecule is CC(C)C[Si]12O[Si]3(Cl)O[Si]4(Cl)O[Si]5(Cl)O[Si](Cl)(O3)O[Si](CC(C)C)(O1)O[Si](CC(C)C)(O5)O[Si](CC(C)C)(O4)O2. The molecule has 0 atom stereocenters. The lowest BCUT2D eigenvalue weighted by Crippen LogP contribution is -2.86. The number of hydrogen-bond acceptors (Lipinski definition) is 12. The summed E-state index contributed by atoms with van der Waals surface area (Å²) in [7, 11) is -33.5. The van der Waals surface area contributed by atoms with Gasteiger partial charge in [0.2, 0.25) is 0 Å². The van der Waals surface area contributed by atoms with E-state index in [-0.39, 0.29) is 23.7 Å². The Hall–Kier alpha value is 2.42. The van der Waals surface area contributed by atoms with Crippen molar-refractivity contribution in [3.05, 3.63) is 0 Å². The lowest BCUT2D eigenvalue weighted by molar-refractivity contribution is -0.0123. The maximum atomic E-state index is 7.04. The van der Waals surface area contributed by atoms with E-state index in [0.717, 1.165) is 0 Å². The van der Waals surface area contributed by atoms with Crippen molar-refractivity contribution in [3.63, 3.8) is 0 Å². The first-order chi connectivity index (χ1) is 18.2. The Labute approximate surface area is 263 Å². The standard InChI is InChI=1S/C16H36Cl4O12Si8/c1-13(2)9-33-21-34(10-14(3)4)23-36(12-16(7)8)24-35(22-33,11-15(5)6)27-39(19)30-37(17,25-33)29-38(18,26-34)31-40(20,28-36)32-39/h13-16H,9-12H2,1-8H3. The van der Waals surface area contributed by atoms with Crippen LogP contribution in [0.3, 0.4) is 0 Å². The fourth-order valence-electron chi connectivity index (χ4n) is 5.27. The van der Waals surface area contributed by atoms with E-state index in [1.165, 1.54) is 0 Å². The molecule has 6 saturated heterocycles. The topological polar surface area (TPSA) is 111 Å². The molecule has 6 fully saturated rings. The highest BCUT2D eigenvalue weighted by atomic mass is 35.6. The van der Waals surface area contributed by atoms with Crippen molar-refractivity contribution in [1.29, 1.82) is 0 Å². The first kappa shape index (κ1) is 33.8. The van der Waals surface area contributed by atoms with Gasteiger partial charge in [0.25, 0.3) is 0 Å². The van der Waals surface area contributed by atoms with E-state index >= 15 is 0 Å². The van der Waals surface area contributed by atoms with Crippen LogP contribution in [0.25, 0.3) is 0 Å². The van der Waals surface area contributed by atoms with Crippen LogP contribution in [-0.4, -0.2) is 67.7 Å². The van der Waals surface area contributed by atoms with E-state index in [1.807, 2.05) is 55.4 Å². The second-order valence-corrected chi connectivity index (χ2v) is 38.6. The third-order valence-electron chi connectivity index (χ3n) is 5.96. The Morgan fingerprint density at radius 1 is 0.325 bits per heavy atom. The van der Waals surface area contributed by atoms with Gasteiger partial charge in [0.15, 0.2) is 0 Å². The fraction of sp³-hybridized carbons (Fsp3) is 1.00. The zero-order valence-electron chi connectivity index (χ0n) is 23.5. The van der Waals surface area contributed by atoms with Crippen molar-refractivity contribution in [3.8, 4) is 0 Å². The maximum absolute atomic E-state index is 7.04. The molecule has 0 radical (unpaired) electrons. The Bertz CT molecular complexity index is 832. The number of hydrogen-bond donors (Lipinski definition) is 0. The molecule has 0 spiro atoms. The van der Waals surface area contributed by atoms with Crippen molar-refractivity contribution in [1.82, 2.24) is 0 Å². The molecule has 0 aromatic carbocycles. The fourth-order valence-corrected chi connectivity index (χ4v) is 57.4. The van der Waals surface area contributed by atoms with Crippen LogP contribution < -0.4 is 0 Å². The lowest BCUT2D eigenvalue weighted by atomic mass is 10.3. The van der Waals surface area contributed by atoms with Gasteiger partial charge in [0.1, 0.15) is 0 Å². The van der Waals surface area contributed by atoms with Crippen LogP contribution in [0.2, 0.25) is 24.2 Å². The molecule has 0 N–H and O–H groups in total. The van der Waals surface area contributed by atoms with Gasteiger partial charge in [-0.2, -0.15) is 0 Å². The molecule has 6 heterocycles. The predicted octanol–water partition coefficient (Wildman–Crippen LogP) is 5.33. The minimum absolute atomic E-state index is 0.0255. The van der Waals surface area contributed by atoms with Gasteiger partial charge >= 0.3 is 67.7 Å². The van der Waals surface area contributed by atoms with E-state index in [1.54, 1.807) is 0 Å². The molecule has 12 nitrogen and oxygen atoms in total. The van der Waals surface area contributed by atoms with Gasteiger partial charge in [0, 0.05) is 24.2 Å². The maximum Gasteiger partial charge on any atom is 0.592 e. The normalized spacial score (nSPS) is 50.4. The zero-order chi connectivity index (χ0) is 29.6. The first-order valence-corrected chi connectivity index (χ1v) is 32.0. The summed E-state index contributed by atoms with van der Waals surface area (Å²) in [4.78, 5) is 0. The third-order valence-corrected chi connectivity index (χ3v) is 46.2. The van der Waals surface area contributed by atoms with Crippen molar-refractivity contribution < 1.29 is 49.4 Å². The molecule has 8 bridgehead atoms. The second-order valence-electron chi connectivity index (χ2n) is 12.3. The molecule has 0 aromatic rings. The van der Waals surface area contributed by atoms with E-state index in [9.17, 15) is 0 Å². The Balaban J connectivity index is 1.83. The van der Waals surface area contributed by atoms with Crippen molar-refractivity contribution in [2.45, 2.75) is 79.6 Å². The van der Waals surface area contributed by atoms with Crippen LogP contribution in [-0.2, 0) is 49.4 Å². The van der Waals surface area contributed by atoms with E-state index in [4.69, 9.17) is 93.7 Å². The molecule has 0 amide bonds. The molecule has 232 valence electrons. The summed E-state index contributed by atoms with van der Waals surface area (Å²) >= 11 is 28.0. The van der Waals surface area contributed by atoms with Gasteiger partial charge in [-0.3, -0.25) is 0 Å². The summed E-state index contributed by atoms with van der Waals surface area (Å²) in [6.07, 6.45) is 0. The highest BCUT2D eigenvalue weighted by Gasteiger charge is 2.84. The predicted molar refractivity (Wildman–Crippen MR) is 161 cm³/mol. The highest BCUT2D eigenvalue weighted by Crippen LogP contribution is 2.54. The van der Waals surface area contributed by atoms with Crippen molar-refractivity contribution in [2.24, 2.45) is 23.7 Å². The summed E-state index contributed by atoms with van der Waals surface area (Å²) in [5.74, 6) is 0.102. The third kappa shape index (κ3) is 7.04. The average Bonchev–Trinajstić information content (AvgIpc) is 2.56. The molecule has 6 rings (SSSR count). The molecule has 0 aromatic heterocycles. The summed E-state index contributed by atoms with van der Waals surface area (Å²) in [6, 6.07) is 1.24. The summed E-state index contributed by atoms with van der Waals surface area (Å²) in [5, 5.41) is 0. The van der Waals surface area contributed by atoms with Crippen molar-refractivity contribution >= 4 is 112 Å². The van der Waals surface area contributed by atoms with Crippen LogP contribution in [0.5, 0.6) is 0 Å². The zero-order valence-corrected chi connectivity index (χ0v) is 34.6. The van der Waals surface area contributed by atoms with E-state index in [2.05, 4.69) is 0 Å². The summed E-state index contributed by atoms with van der Waals surface area (Å²) in [5.41, 5.74) is 0. The summed E-state index contributed by atoms with van der Waals surface area (Å²) in [6.45, 7) is 16.1. The lowest BCUT2D eigenvalue weighted by Gasteiger charge is -2.60. The number of halogens is 4. The largest absolute Gasteiger partial charge is 0.592 e. The quantitative estimate of drug-likeness (QED) is 0.234. The number of rotatable bonds is 8. The molecule has 6 aliphatic rings. The summed E-state index contributed by atoms with van der Waals surface area (Å²) < 4.78 is 79.5. The Morgan fingerprint density at radius 3 is 0.650 bits per heavy atom. The van der Waals surface area contributed by atoms with Gasteiger partial charge in [-0.05, 0) is 23.7 Å². The molecule has 40 heavy (non-hydrogen) atoms. The van der Waals surface area contributed by atoms with Gasteiger partial charge < -0.3 is 49.4 Å². The minimum atomic E-state index is -4.42. The van der Waals surface area contributed by atoms with Gasteiger partial charge in [-0.15, -0.1) is 0 Å². The van der Waals surface area contributed by atoms with Crippen LogP contribution in [0.15, 0.2) is 0 Å². The van der Waals surface area contributed by atoms with E-state index < -0.39 is 67.7 Å². The molecule has 0 aliphatic carbocycles. The molecule has 6 aliphatic heterocycles. The van der Waals surface area contributed by atoms with Gasteiger partial charge in [-0.1, -0.05) is 99.7 Å². The molecule has 24 heteroatoms. The smallest absolute Gasteiger partial charge is 0.373 e. The molecular formula is C16H36Cl4O12Si8. The highest BCUT2D eigenvalue weighted by molar-refractivity contribution is 7.31. The van der Waals surface area contributed by atoms with Crippen LogP contribution >= 0.6 is 44.3 Å². The molecule has 0 saturated carbocycles. The first-order valence-electron chi connectivity index (χ1n) is 13.3.